The number of rotatable bonds is 2. The molecule has 0 radical (unpaired) electrons. The second-order valence-electron chi connectivity index (χ2n) is 3.87. The van der Waals surface area contributed by atoms with Crippen molar-refractivity contribution in [2.24, 2.45) is 0 Å². The van der Waals surface area contributed by atoms with E-state index in [1.54, 1.807) is 6.26 Å². The van der Waals surface area contributed by atoms with Crippen molar-refractivity contribution in [2.45, 2.75) is 0 Å². The third-order valence-corrected chi connectivity index (χ3v) is 3.66. The molecule has 0 atom stereocenters. The van der Waals surface area contributed by atoms with Crippen LogP contribution in [0.3, 0.4) is 0 Å². The van der Waals surface area contributed by atoms with Crippen molar-refractivity contribution in [3.63, 3.8) is 0 Å². The highest BCUT2D eigenvalue weighted by Crippen LogP contribution is 2.35. The minimum absolute atomic E-state index is 0.146. The van der Waals surface area contributed by atoms with Gasteiger partial charge in [-0.25, -0.2) is 9.78 Å². The van der Waals surface area contributed by atoms with Crippen LogP contribution in [-0.2, 0) is 4.74 Å². The van der Waals surface area contributed by atoms with E-state index in [0.29, 0.717) is 10.0 Å². The van der Waals surface area contributed by atoms with Gasteiger partial charge in [0.05, 0.1) is 12.7 Å². The number of anilines is 1. The fourth-order valence-corrected chi connectivity index (χ4v) is 2.67. The number of nitrogens with two attached hydrogens (primary N) is 1. The minimum atomic E-state index is -0.534. The fourth-order valence-electron chi connectivity index (χ4n) is 1.83. The molecule has 1 aromatic carbocycles. The highest BCUT2D eigenvalue weighted by Gasteiger charge is 2.19. The van der Waals surface area contributed by atoms with Crippen molar-refractivity contribution in [2.75, 3.05) is 12.8 Å². The second-order valence-corrected chi connectivity index (χ2v) is 4.90. The molecule has 0 unspecified atom stereocenters. The fraction of sp³-hybridized carbons (Fsp3) is 0.0769. The summed E-state index contributed by atoms with van der Waals surface area (Å²) in [5.41, 5.74) is 7.53. The predicted octanol–water partition coefficient (Wildman–Crippen LogP) is 2.93. The van der Waals surface area contributed by atoms with Crippen molar-refractivity contribution < 1.29 is 13.9 Å². The van der Waals surface area contributed by atoms with Gasteiger partial charge in [0.2, 0.25) is 0 Å². The highest BCUT2D eigenvalue weighted by molar-refractivity contribution is 7.19. The van der Waals surface area contributed by atoms with E-state index in [2.05, 4.69) is 9.72 Å². The third-order valence-electron chi connectivity index (χ3n) is 2.74. The van der Waals surface area contributed by atoms with Crippen LogP contribution in [-0.4, -0.2) is 18.1 Å². The van der Waals surface area contributed by atoms with Crippen LogP contribution in [0.2, 0.25) is 0 Å². The Hall–Kier alpha value is -2.34. The Bertz CT molecular complexity index is 760. The van der Waals surface area contributed by atoms with Crippen molar-refractivity contribution in [3.05, 3.63) is 36.2 Å². The Morgan fingerprint density at radius 3 is 3.00 bits per heavy atom. The summed E-state index contributed by atoms with van der Waals surface area (Å²) < 4.78 is 10.1. The first kappa shape index (κ1) is 11.7. The van der Waals surface area contributed by atoms with Gasteiger partial charge in [0.25, 0.3) is 0 Å². The number of thiazole rings is 1. The summed E-state index contributed by atoms with van der Waals surface area (Å²) >= 11 is 1.24. The number of furan rings is 1. The molecule has 19 heavy (non-hydrogen) atoms. The van der Waals surface area contributed by atoms with Gasteiger partial charge >= 0.3 is 5.97 Å². The zero-order valence-electron chi connectivity index (χ0n) is 10.0. The molecule has 3 rings (SSSR count). The number of benzene rings is 1. The molecule has 0 amide bonds. The topological polar surface area (TPSA) is 78.3 Å². The number of carbonyl (C=O) groups excluding carboxylic acids is 1. The number of ether oxygens (including phenoxy) is 1. The third kappa shape index (κ3) is 1.86. The SMILES string of the molecule is COC(=O)c1nc(-c2coc3ccccc23)sc1N. The molecule has 0 aliphatic heterocycles. The maximum absolute atomic E-state index is 11.5. The molecule has 0 saturated carbocycles. The van der Waals surface area contributed by atoms with Gasteiger partial charge in [0.1, 0.15) is 21.9 Å². The van der Waals surface area contributed by atoms with Crippen molar-refractivity contribution >= 4 is 33.3 Å². The van der Waals surface area contributed by atoms with Crippen LogP contribution in [0.5, 0.6) is 0 Å². The summed E-state index contributed by atoms with van der Waals surface area (Å²) in [4.78, 5) is 15.7. The molecule has 0 aliphatic carbocycles. The van der Waals surface area contributed by atoms with E-state index >= 15 is 0 Å². The average Bonchev–Trinajstić information content (AvgIpc) is 3.01. The van der Waals surface area contributed by atoms with Gasteiger partial charge < -0.3 is 14.9 Å². The van der Waals surface area contributed by atoms with E-state index in [4.69, 9.17) is 10.2 Å². The van der Waals surface area contributed by atoms with Crippen LogP contribution < -0.4 is 5.73 Å². The second kappa shape index (κ2) is 4.40. The summed E-state index contributed by atoms with van der Waals surface area (Å²) in [6.07, 6.45) is 1.62. The Morgan fingerprint density at radius 1 is 1.42 bits per heavy atom. The number of hydrogen-bond acceptors (Lipinski definition) is 6. The van der Waals surface area contributed by atoms with Crippen LogP contribution in [0, 0.1) is 0 Å². The lowest BCUT2D eigenvalue weighted by atomic mass is 10.2. The molecule has 3 aromatic rings. The first-order valence-electron chi connectivity index (χ1n) is 5.52. The number of nitrogen functional groups attached to an aromatic ring is 1. The number of nitrogens with zero attached hydrogens (tertiary/aromatic N) is 1. The van der Waals surface area contributed by atoms with Gasteiger partial charge in [0, 0.05) is 5.39 Å². The molecule has 0 fully saturated rings. The predicted molar refractivity (Wildman–Crippen MR) is 73.1 cm³/mol. The molecule has 96 valence electrons. The maximum atomic E-state index is 11.5. The molecule has 2 N–H and O–H groups in total. The molecule has 2 aromatic heterocycles. The number of hydrogen-bond donors (Lipinski definition) is 1. The maximum Gasteiger partial charge on any atom is 0.359 e. The lowest BCUT2D eigenvalue weighted by molar-refractivity contribution is 0.0596. The van der Waals surface area contributed by atoms with Crippen LogP contribution in [0.25, 0.3) is 21.5 Å². The first-order chi connectivity index (χ1) is 9.20. The monoisotopic (exact) mass is 274 g/mol. The van der Waals surface area contributed by atoms with Gasteiger partial charge in [-0.3, -0.25) is 0 Å². The number of esters is 1. The van der Waals surface area contributed by atoms with Gasteiger partial charge in [-0.15, -0.1) is 0 Å². The van der Waals surface area contributed by atoms with Crippen molar-refractivity contribution in [1.29, 1.82) is 0 Å². The minimum Gasteiger partial charge on any atom is -0.464 e. The summed E-state index contributed by atoms with van der Waals surface area (Å²) in [7, 11) is 1.30. The van der Waals surface area contributed by atoms with Gasteiger partial charge in [-0.1, -0.05) is 29.5 Å². The lowest BCUT2D eigenvalue weighted by Gasteiger charge is -1.93. The zero-order chi connectivity index (χ0) is 13.4. The van der Waals surface area contributed by atoms with Crippen LogP contribution in [0.1, 0.15) is 10.5 Å². The molecule has 0 spiro atoms. The molecule has 6 heteroatoms. The van der Waals surface area contributed by atoms with E-state index in [0.717, 1.165) is 16.5 Å². The standard InChI is InChI=1S/C13H10N2O3S/c1-17-13(16)10-11(14)19-12(15-10)8-6-18-9-5-3-2-4-7(8)9/h2-6H,14H2,1H3. The quantitative estimate of drug-likeness (QED) is 0.727. The summed E-state index contributed by atoms with van der Waals surface area (Å²) in [6, 6.07) is 7.62. The van der Waals surface area contributed by atoms with E-state index < -0.39 is 5.97 Å². The molecular weight excluding hydrogens is 264 g/mol. The summed E-state index contributed by atoms with van der Waals surface area (Å²) in [6.45, 7) is 0. The smallest absolute Gasteiger partial charge is 0.359 e. The van der Waals surface area contributed by atoms with E-state index in [-0.39, 0.29) is 5.69 Å². The number of aromatic nitrogens is 1. The molecular formula is C13H10N2O3S. The number of fused-ring (bicyclic) bond motifs is 1. The van der Waals surface area contributed by atoms with Gasteiger partial charge in [0.15, 0.2) is 5.69 Å². The van der Waals surface area contributed by atoms with Gasteiger partial charge in [-0.2, -0.15) is 0 Å². The average molecular weight is 274 g/mol. The largest absolute Gasteiger partial charge is 0.464 e. The van der Waals surface area contributed by atoms with E-state index in [9.17, 15) is 4.79 Å². The Labute approximate surface area is 112 Å². The molecule has 0 aliphatic rings. The number of para-hydroxylation sites is 1. The van der Waals surface area contributed by atoms with Gasteiger partial charge in [-0.05, 0) is 6.07 Å². The lowest BCUT2D eigenvalue weighted by Crippen LogP contribution is -2.04. The number of carbonyl (C=O) groups is 1. The van der Waals surface area contributed by atoms with Crippen LogP contribution in [0.4, 0.5) is 5.00 Å². The molecule has 0 bridgehead atoms. The molecule has 0 saturated heterocycles. The normalized spacial score (nSPS) is 10.8. The summed E-state index contributed by atoms with van der Waals surface area (Å²) in [5, 5.41) is 1.92. The highest BCUT2D eigenvalue weighted by atomic mass is 32.1. The van der Waals surface area contributed by atoms with Crippen molar-refractivity contribution in [3.8, 4) is 10.6 Å². The Kier molecular flexibility index (Phi) is 2.72. The van der Waals surface area contributed by atoms with E-state index in [1.165, 1.54) is 18.4 Å². The van der Waals surface area contributed by atoms with Crippen LogP contribution >= 0.6 is 11.3 Å². The number of methoxy groups -OCH3 is 1. The molecule has 2 heterocycles. The Morgan fingerprint density at radius 2 is 2.21 bits per heavy atom. The summed E-state index contributed by atoms with van der Waals surface area (Å²) in [5.74, 6) is -0.534. The first-order valence-corrected chi connectivity index (χ1v) is 6.33. The van der Waals surface area contributed by atoms with E-state index in [1.807, 2.05) is 24.3 Å². The van der Waals surface area contributed by atoms with Crippen LogP contribution in [0.15, 0.2) is 34.9 Å². The van der Waals surface area contributed by atoms with Crippen molar-refractivity contribution in [1.82, 2.24) is 4.98 Å². The molecule has 5 nitrogen and oxygen atoms in total. The zero-order valence-corrected chi connectivity index (χ0v) is 10.9. The Balaban J connectivity index is 2.15.